The van der Waals surface area contributed by atoms with Gasteiger partial charge < -0.3 is 20.4 Å². The molecular formula is C33H47FN6O4. The Kier molecular flexibility index (Phi) is 11.7. The summed E-state index contributed by atoms with van der Waals surface area (Å²) in [6.07, 6.45) is 6.78. The molecule has 2 atom stereocenters. The van der Waals surface area contributed by atoms with Crippen LogP contribution in [0, 0.1) is 17.7 Å². The number of nitrogens with zero attached hydrogens (tertiary/aromatic N) is 4. The van der Waals surface area contributed by atoms with Crippen LogP contribution in [-0.2, 0) is 20.8 Å². The van der Waals surface area contributed by atoms with E-state index in [1.54, 1.807) is 34.8 Å². The summed E-state index contributed by atoms with van der Waals surface area (Å²) in [5, 5.41) is 9.83. The molecule has 2 heterocycles. The fourth-order valence-electron chi connectivity index (χ4n) is 6.25. The van der Waals surface area contributed by atoms with E-state index in [1.807, 2.05) is 20.9 Å². The molecule has 0 unspecified atom stereocenters. The topological polar surface area (TPSA) is 117 Å². The second kappa shape index (κ2) is 15.4. The molecule has 1 saturated carbocycles. The summed E-state index contributed by atoms with van der Waals surface area (Å²) in [6.45, 7) is 8.25. The van der Waals surface area contributed by atoms with Gasteiger partial charge in [-0.05, 0) is 63.4 Å². The molecule has 0 spiro atoms. The number of rotatable bonds is 12. The molecule has 11 heteroatoms. The first kappa shape index (κ1) is 33.3. The van der Waals surface area contributed by atoms with Gasteiger partial charge in [0.05, 0.1) is 5.69 Å². The highest BCUT2D eigenvalue weighted by molar-refractivity contribution is 6.00. The Balaban J connectivity index is 1.48. The van der Waals surface area contributed by atoms with Gasteiger partial charge in [0.15, 0.2) is 5.78 Å². The summed E-state index contributed by atoms with van der Waals surface area (Å²) in [7, 11) is 2.00. The predicted molar refractivity (Wildman–Crippen MR) is 167 cm³/mol. The number of anilines is 1. The van der Waals surface area contributed by atoms with E-state index in [-0.39, 0.29) is 60.4 Å². The lowest BCUT2D eigenvalue weighted by atomic mass is 9.77. The molecule has 2 fully saturated rings. The molecule has 240 valence electrons. The minimum atomic E-state index is -0.813. The largest absolute Gasteiger partial charge is 0.344 e. The molecule has 1 aromatic heterocycles. The summed E-state index contributed by atoms with van der Waals surface area (Å²) in [6, 6.07) is 5.34. The number of aromatic nitrogens is 2. The average Bonchev–Trinajstić information content (AvgIpc) is 3.52. The standard InChI is InChI=1S/C33H47FN6O4/c1-5-31(42)36-28(33(44)39-17-15-38(4)16-18-39)20-23-11-12-27(26(34)19-23)37-32(43)25(24-9-7-6-8-10-24)21-30(41)29-13-14-35-40(29)22(2)3/h11-14,19,22,24-25,28H,5-10,15-18,20-21H2,1-4H3,(H,36,42)(H,37,43)/t25-,28+/m0/s1. The lowest BCUT2D eigenvalue weighted by molar-refractivity contribution is -0.137. The number of carbonyl (C=O) groups is 4. The van der Waals surface area contributed by atoms with Gasteiger partial charge in [-0.25, -0.2) is 4.39 Å². The molecule has 0 radical (unpaired) electrons. The van der Waals surface area contributed by atoms with Crippen molar-refractivity contribution < 1.29 is 23.6 Å². The van der Waals surface area contributed by atoms with Crippen molar-refractivity contribution in [2.75, 3.05) is 38.5 Å². The Bertz CT molecular complexity index is 1310. The van der Waals surface area contributed by atoms with Gasteiger partial charge in [0, 0.05) is 63.6 Å². The minimum absolute atomic E-state index is 0.00487. The van der Waals surface area contributed by atoms with Crippen molar-refractivity contribution in [2.24, 2.45) is 11.8 Å². The van der Waals surface area contributed by atoms with E-state index in [4.69, 9.17) is 0 Å². The first-order valence-corrected chi connectivity index (χ1v) is 16.0. The molecule has 44 heavy (non-hydrogen) atoms. The van der Waals surface area contributed by atoms with Crippen LogP contribution in [0.2, 0.25) is 0 Å². The maximum Gasteiger partial charge on any atom is 0.245 e. The molecule has 0 bridgehead atoms. The monoisotopic (exact) mass is 610 g/mol. The second-order valence-corrected chi connectivity index (χ2v) is 12.5. The van der Waals surface area contributed by atoms with Crippen molar-refractivity contribution in [1.82, 2.24) is 24.9 Å². The van der Waals surface area contributed by atoms with Crippen LogP contribution in [0.4, 0.5) is 10.1 Å². The van der Waals surface area contributed by atoms with E-state index in [1.165, 1.54) is 12.1 Å². The highest BCUT2D eigenvalue weighted by Gasteiger charge is 2.33. The third-order valence-corrected chi connectivity index (χ3v) is 8.91. The Labute approximate surface area is 259 Å². The maximum atomic E-state index is 15.4. The molecule has 2 aromatic rings. The van der Waals surface area contributed by atoms with E-state index >= 15 is 4.39 Å². The second-order valence-electron chi connectivity index (χ2n) is 12.5. The Morgan fingerprint density at radius 2 is 1.73 bits per heavy atom. The summed E-state index contributed by atoms with van der Waals surface area (Å²) < 4.78 is 17.1. The van der Waals surface area contributed by atoms with Gasteiger partial charge >= 0.3 is 0 Å². The van der Waals surface area contributed by atoms with Crippen LogP contribution in [0.15, 0.2) is 30.5 Å². The van der Waals surface area contributed by atoms with Gasteiger partial charge in [-0.1, -0.05) is 32.3 Å². The van der Waals surface area contributed by atoms with Crippen LogP contribution in [0.25, 0.3) is 0 Å². The number of benzene rings is 1. The number of ketones is 1. The highest BCUT2D eigenvalue weighted by atomic mass is 19.1. The molecule has 1 aliphatic heterocycles. The van der Waals surface area contributed by atoms with Crippen LogP contribution < -0.4 is 10.6 Å². The smallest absolute Gasteiger partial charge is 0.245 e. The number of likely N-dealkylation sites (N-methyl/N-ethyl adjacent to an activating group) is 1. The minimum Gasteiger partial charge on any atom is -0.344 e. The summed E-state index contributed by atoms with van der Waals surface area (Å²) in [5.41, 5.74) is 1.03. The molecule has 3 amide bonds. The fourth-order valence-corrected chi connectivity index (χ4v) is 6.25. The van der Waals surface area contributed by atoms with E-state index < -0.39 is 17.8 Å². The molecule has 1 aliphatic carbocycles. The Morgan fingerprint density at radius 1 is 1.02 bits per heavy atom. The maximum absolute atomic E-state index is 15.4. The van der Waals surface area contributed by atoms with Crippen molar-refractivity contribution in [1.29, 1.82) is 0 Å². The van der Waals surface area contributed by atoms with Crippen LogP contribution in [0.3, 0.4) is 0 Å². The van der Waals surface area contributed by atoms with E-state index in [9.17, 15) is 19.2 Å². The number of piperazine rings is 1. The predicted octanol–water partition coefficient (Wildman–Crippen LogP) is 4.22. The molecular weight excluding hydrogens is 563 g/mol. The number of Topliss-reactive ketones (excluding diaryl/α,β-unsaturated/α-hetero) is 1. The van der Waals surface area contributed by atoms with Crippen molar-refractivity contribution in [2.45, 2.75) is 84.2 Å². The normalized spacial score (nSPS) is 17.7. The SMILES string of the molecule is CCC(=O)N[C@H](Cc1ccc(NC(=O)[C@@H](CC(=O)c2ccnn2C(C)C)C2CCCCC2)c(F)c1)C(=O)N1CCN(C)CC1. The quantitative estimate of drug-likeness (QED) is 0.348. The summed E-state index contributed by atoms with van der Waals surface area (Å²) in [5.74, 6) is -2.14. The molecule has 1 aromatic carbocycles. The van der Waals surface area contributed by atoms with E-state index in [0.717, 1.165) is 45.2 Å². The van der Waals surface area contributed by atoms with E-state index in [0.29, 0.717) is 24.3 Å². The van der Waals surface area contributed by atoms with Crippen molar-refractivity contribution in [3.63, 3.8) is 0 Å². The Hall–Kier alpha value is -3.60. The summed E-state index contributed by atoms with van der Waals surface area (Å²) in [4.78, 5) is 56.5. The fraction of sp³-hybridized carbons (Fsp3) is 0.606. The Morgan fingerprint density at radius 3 is 2.36 bits per heavy atom. The van der Waals surface area contributed by atoms with Gasteiger partial charge in [-0.2, -0.15) is 5.10 Å². The van der Waals surface area contributed by atoms with Crippen molar-refractivity contribution >= 4 is 29.2 Å². The lowest BCUT2D eigenvalue weighted by Gasteiger charge is -2.34. The lowest BCUT2D eigenvalue weighted by Crippen LogP contribution is -2.54. The number of carbonyl (C=O) groups excluding carboxylic acids is 4. The van der Waals surface area contributed by atoms with Gasteiger partial charge in [-0.15, -0.1) is 0 Å². The molecule has 10 nitrogen and oxygen atoms in total. The van der Waals surface area contributed by atoms with Gasteiger partial charge in [-0.3, -0.25) is 23.9 Å². The molecule has 4 rings (SSSR count). The first-order valence-electron chi connectivity index (χ1n) is 16.0. The number of nitrogens with one attached hydrogen (secondary N) is 2. The zero-order valence-electron chi connectivity index (χ0n) is 26.5. The third-order valence-electron chi connectivity index (χ3n) is 8.91. The van der Waals surface area contributed by atoms with Gasteiger partial charge in [0.1, 0.15) is 17.6 Å². The average molecular weight is 611 g/mol. The van der Waals surface area contributed by atoms with Crippen molar-refractivity contribution in [3.05, 3.63) is 47.5 Å². The van der Waals surface area contributed by atoms with Gasteiger partial charge in [0.2, 0.25) is 17.7 Å². The van der Waals surface area contributed by atoms with E-state index in [2.05, 4.69) is 20.6 Å². The zero-order chi connectivity index (χ0) is 31.8. The third kappa shape index (κ3) is 8.52. The van der Waals surface area contributed by atoms with Crippen molar-refractivity contribution in [3.8, 4) is 0 Å². The zero-order valence-corrected chi connectivity index (χ0v) is 26.5. The molecule has 2 aliphatic rings. The summed E-state index contributed by atoms with van der Waals surface area (Å²) >= 11 is 0. The molecule has 2 N–H and O–H groups in total. The number of halogens is 1. The highest BCUT2D eigenvalue weighted by Crippen LogP contribution is 2.34. The molecule has 1 saturated heterocycles. The van der Waals surface area contributed by atoms with Crippen LogP contribution >= 0.6 is 0 Å². The number of amides is 3. The number of hydrogen-bond acceptors (Lipinski definition) is 6. The first-order chi connectivity index (χ1) is 21.1. The van der Waals surface area contributed by atoms with Crippen LogP contribution in [-0.4, -0.2) is 82.4 Å². The van der Waals surface area contributed by atoms with Crippen LogP contribution in [0.1, 0.15) is 87.8 Å². The number of hydrogen-bond donors (Lipinski definition) is 2. The van der Waals surface area contributed by atoms with Gasteiger partial charge in [0.25, 0.3) is 0 Å². The van der Waals surface area contributed by atoms with Crippen LogP contribution in [0.5, 0.6) is 0 Å².